The molecule has 0 bridgehead atoms. The number of nitrogens with one attached hydrogen (secondary N) is 2. The van der Waals surface area contributed by atoms with E-state index in [1.807, 2.05) is 0 Å². The highest BCUT2D eigenvalue weighted by molar-refractivity contribution is 7.80. The maximum Gasteiger partial charge on any atom is 0.270 e. The van der Waals surface area contributed by atoms with E-state index in [0.29, 0.717) is 26.7 Å². The normalized spacial score (nSPS) is 10.3. The number of nitro groups is 1. The summed E-state index contributed by atoms with van der Waals surface area (Å²) in [6, 6.07) is 11.0. The molecule has 1 aromatic heterocycles. The monoisotopic (exact) mass is 388 g/mol. The van der Waals surface area contributed by atoms with Gasteiger partial charge >= 0.3 is 0 Å². The summed E-state index contributed by atoms with van der Waals surface area (Å²) in [5.41, 5.74) is 0.986. The highest BCUT2D eigenvalue weighted by Crippen LogP contribution is 2.29. The first-order valence-corrected chi connectivity index (χ1v) is 8.50. The summed E-state index contributed by atoms with van der Waals surface area (Å²) in [5.74, 6) is 0.169. The first-order valence-electron chi connectivity index (χ1n) is 7.27. The molecule has 2 N–H and O–H groups in total. The van der Waals surface area contributed by atoms with Gasteiger partial charge in [-0.2, -0.15) is 0 Å². The molecule has 1 heterocycles. The number of amides is 1. The molecular weight excluding hydrogens is 376 g/mol. The number of thiazole rings is 1. The van der Waals surface area contributed by atoms with Crippen molar-refractivity contribution in [3.05, 3.63) is 58.1 Å². The molecule has 0 radical (unpaired) electrons. The molecule has 0 fully saturated rings. The Morgan fingerprint density at radius 3 is 2.85 bits per heavy atom. The molecule has 0 aliphatic rings. The molecule has 0 saturated heterocycles. The topological polar surface area (TPSA) is 106 Å². The lowest BCUT2D eigenvalue weighted by Gasteiger charge is -2.08. The molecule has 0 spiro atoms. The second kappa shape index (κ2) is 7.42. The van der Waals surface area contributed by atoms with Gasteiger partial charge in [0, 0.05) is 17.7 Å². The number of nitrogens with zero attached hydrogens (tertiary/aromatic N) is 2. The van der Waals surface area contributed by atoms with Crippen LogP contribution < -0.4 is 15.4 Å². The van der Waals surface area contributed by atoms with Gasteiger partial charge in [-0.25, -0.2) is 4.98 Å². The van der Waals surface area contributed by atoms with Crippen molar-refractivity contribution in [2.24, 2.45) is 0 Å². The van der Waals surface area contributed by atoms with E-state index in [1.54, 1.807) is 30.3 Å². The number of fused-ring (bicyclic) bond motifs is 1. The van der Waals surface area contributed by atoms with Crippen LogP contribution in [0.2, 0.25) is 0 Å². The standard InChI is InChI=1S/C16H12N4O4S2/c1-24-11-4-2-3-9(7-11)14(21)18-15(25)19-16-17-12-6-5-10(20(22)23)8-13(12)26-16/h2-8H,1H3,(H2,17,18,19,21,25). The van der Waals surface area contributed by atoms with E-state index >= 15 is 0 Å². The van der Waals surface area contributed by atoms with E-state index in [-0.39, 0.29) is 10.8 Å². The summed E-state index contributed by atoms with van der Waals surface area (Å²) >= 11 is 6.33. The van der Waals surface area contributed by atoms with Gasteiger partial charge in [0.2, 0.25) is 0 Å². The van der Waals surface area contributed by atoms with E-state index in [1.165, 1.54) is 30.6 Å². The van der Waals surface area contributed by atoms with Gasteiger partial charge in [0.25, 0.3) is 11.6 Å². The second-order valence-corrected chi connectivity index (χ2v) is 6.51. The largest absolute Gasteiger partial charge is 0.497 e. The molecular formula is C16H12N4O4S2. The molecule has 3 rings (SSSR count). The third-order valence-electron chi connectivity index (χ3n) is 3.36. The summed E-state index contributed by atoms with van der Waals surface area (Å²) in [7, 11) is 1.51. The summed E-state index contributed by atoms with van der Waals surface area (Å²) in [6.45, 7) is 0. The summed E-state index contributed by atoms with van der Waals surface area (Å²) in [5, 5.41) is 16.7. The fourth-order valence-corrected chi connectivity index (χ4v) is 3.31. The second-order valence-electron chi connectivity index (χ2n) is 5.07. The number of methoxy groups -OCH3 is 1. The Kier molecular flexibility index (Phi) is 5.05. The molecule has 1 amide bonds. The van der Waals surface area contributed by atoms with Gasteiger partial charge in [-0.05, 0) is 36.5 Å². The van der Waals surface area contributed by atoms with Crippen molar-refractivity contribution in [3.8, 4) is 5.75 Å². The lowest BCUT2D eigenvalue weighted by molar-refractivity contribution is -0.384. The van der Waals surface area contributed by atoms with Gasteiger partial charge in [-0.15, -0.1) is 0 Å². The van der Waals surface area contributed by atoms with Crippen LogP contribution in [0.5, 0.6) is 5.75 Å². The fraction of sp³-hybridized carbons (Fsp3) is 0.0625. The minimum absolute atomic E-state index is 0.0124. The predicted octanol–water partition coefficient (Wildman–Crippen LogP) is 3.34. The average molecular weight is 388 g/mol. The summed E-state index contributed by atoms with van der Waals surface area (Å²) < 4.78 is 5.72. The average Bonchev–Trinajstić information content (AvgIpc) is 3.02. The Bertz CT molecular complexity index is 1020. The molecule has 2 aromatic carbocycles. The number of thiocarbonyl (C=S) groups is 1. The first-order chi connectivity index (χ1) is 12.5. The minimum Gasteiger partial charge on any atom is -0.497 e. The van der Waals surface area contributed by atoms with E-state index < -0.39 is 10.8 Å². The van der Waals surface area contributed by atoms with Gasteiger partial charge < -0.3 is 10.1 Å². The highest BCUT2D eigenvalue weighted by atomic mass is 32.1. The Hall–Kier alpha value is -3.11. The molecule has 26 heavy (non-hydrogen) atoms. The smallest absolute Gasteiger partial charge is 0.270 e. The third-order valence-corrected chi connectivity index (χ3v) is 4.50. The van der Waals surface area contributed by atoms with E-state index in [9.17, 15) is 14.9 Å². The highest BCUT2D eigenvalue weighted by Gasteiger charge is 2.13. The van der Waals surface area contributed by atoms with Crippen LogP contribution in [0, 0.1) is 10.1 Å². The fourth-order valence-electron chi connectivity index (χ4n) is 2.15. The number of hydrogen-bond acceptors (Lipinski definition) is 7. The quantitative estimate of drug-likeness (QED) is 0.401. The van der Waals surface area contributed by atoms with Crippen LogP contribution in [0.15, 0.2) is 42.5 Å². The number of carbonyl (C=O) groups excluding carboxylic acids is 1. The zero-order valence-corrected chi connectivity index (χ0v) is 15.0. The molecule has 132 valence electrons. The van der Waals surface area contributed by atoms with Crippen molar-refractivity contribution in [1.29, 1.82) is 0 Å². The third kappa shape index (κ3) is 3.92. The lowest BCUT2D eigenvalue weighted by atomic mass is 10.2. The summed E-state index contributed by atoms with van der Waals surface area (Å²) in [6.07, 6.45) is 0. The van der Waals surface area contributed by atoms with Crippen molar-refractivity contribution >= 4 is 55.6 Å². The van der Waals surface area contributed by atoms with Gasteiger partial charge in [0.1, 0.15) is 5.75 Å². The maximum absolute atomic E-state index is 12.2. The van der Waals surface area contributed by atoms with Gasteiger partial charge in [0.05, 0.1) is 22.2 Å². The molecule has 0 aliphatic heterocycles. The number of rotatable bonds is 4. The van der Waals surface area contributed by atoms with Crippen LogP contribution in [0.25, 0.3) is 10.2 Å². The molecule has 0 atom stereocenters. The van der Waals surface area contributed by atoms with Crippen molar-refractivity contribution in [1.82, 2.24) is 10.3 Å². The number of aromatic nitrogens is 1. The Morgan fingerprint density at radius 1 is 1.31 bits per heavy atom. The van der Waals surface area contributed by atoms with Crippen LogP contribution in [-0.4, -0.2) is 28.0 Å². The zero-order chi connectivity index (χ0) is 18.7. The number of ether oxygens (including phenoxy) is 1. The number of carbonyl (C=O) groups is 1. The van der Waals surface area contributed by atoms with Gasteiger partial charge in [-0.3, -0.25) is 20.2 Å². The van der Waals surface area contributed by atoms with Crippen LogP contribution >= 0.6 is 23.6 Å². The number of benzene rings is 2. The Morgan fingerprint density at radius 2 is 2.12 bits per heavy atom. The van der Waals surface area contributed by atoms with Gasteiger partial charge in [-0.1, -0.05) is 17.4 Å². The van der Waals surface area contributed by atoms with Crippen LogP contribution in [0.4, 0.5) is 10.8 Å². The predicted molar refractivity (Wildman–Crippen MR) is 103 cm³/mol. The van der Waals surface area contributed by atoms with Gasteiger partial charge in [0.15, 0.2) is 10.2 Å². The summed E-state index contributed by atoms with van der Waals surface area (Å²) in [4.78, 5) is 26.9. The van der Waals surface area contributed by atoms with Crippen molar-refractivity contribution in [2.75, 3.05) is 12.4 Å². The van der Waals surface area contributed by atoms with Crippen molar-refractivity contribution < 1.29 is 14.5 Å². The van der Waals surface area contributed by atoms with E-state index in [2.05, 4.69) is 15.6 Å². The number of anilines is 1. The minimum atomic E-state index is -0.467. The molecule has 0 unspecified atom stereocenters. The Labute approximate surface area is 157 Å². The zero-order valence-electron chi connectivity index (χ0n) is 13.4. The number of non-ortho nitro benzene ring substituents is 1. The lowest BCUT2D eigenvalue weighted by Crippen LogP contribution is -2.34. The maximum atomic E-state index is 12.2. The van der Waals surface area contributed by atoms with Crippen molar-refractivity contribution in [2.45, 2.75) is 0 Å². The molecule has 3 aromatic rings. The number of hydrogen-bond donors (Lipinski definition) is 2. The SMILES string of the molecule is COc1cccc(C(=O)NC(=S)Nc2nc3ccc([N+](=O)[O-])cc3s2)c1. The van der Waals surface area contributed by atoms with Crippen LogP contribution in [-0.2, 0) is 0 Å². The van der Waals surface area contributed by atoms with Crippen LogP contribution in [0.1, 0.15) is 10.4 Å². The van der Waals surface area contributed by atoms with Crippen LogP contribution in [0.3, 0.4) is 0 Å². The molecule has 8 nitrogen and oxygen atoms in total. The molecule has 0 saturated carbocycles. The first kappa shape index (κ1) is 17.7. The number of nitro benzene ring substituents is 1. The van der Waals surface area contributed by atoms with E-state index in [4.69, 9.17) is 17.0 Å². The molecule has 0 aliphatic carbocycles. The Balaban J connectivity index is 1.70. The molecule has 10 heteroatoms. The van der Waals surface area contributed by atoms with E-state index in [0.717, 1.165) is 0 Å². The van der Waals surface area contributed by atoms with Crippen molar-refractivity contribution in [3.63, 3.8) is 0 Å².